The van der Waals surface area contributed by atoms with Gasteiger partial charge in [0, 0.05) is 11.9 Å². The second-order valence-corrected chi connectivity index (χ2v) is 6.78. The maximum Gasteiger partial charge on any atom is 0.419 e. The van der Waals surface area contributed by atoms with Crippen LogP contribution in [-0.4, -0.2) is 23.9 Å². The highest BCUT2D eigenvalue weighted by atomic mass is 19.4. The topological polar surface area (TPSA) is 104 Å². The van der Waals surface area contributed by atoms with Crippen molar-refractivity contribution in [3.8, 4) is 17.2 Å². The Bertz CT molecular complexity index is 1230. The fourth-order valence-electron chi connectivity index (χ4n) is 2.98. The molecular formula is C22H17F4N3O4. The minimum absolute atomic E-state index is 0.0483. The minimum Gasteiger partial charge on any atom is -0.495 e. The smallest absolute Gasteiger partial charge is 0.419 e. The molecule has 0 aliphatic rings. The highest BCUT2D eigenvalue weighted by molar-refractivity contribution is 6.09. The fourth-order valence-corrected chi connectivity index (χ4v) is 2.98. The molecule has 1 aromatic heterocycles. The molecule has 0 aliphatic heterocycles. The van der Waals surface area contributed by atoms with E-state index >= 15 is 0 Å². The van der Waals surface area contributed by atoms with Crippen LogP contribution in [0, 0.1) is 12.7 Å². The van der Waals surface area contributed by atoms with Gasteiger partial charge in [-0.3, -0.25) is 14.6 Å². The third kappa shape index (κ3) is 5.20. The summed E-state index contributed by atoms with van der Waals surface area (Å²) in [7, 11) is 0.978. The molecular weight excluding hydrogens is 446 g/mol. The molecule has 0 atom stereocenters. The normalized spacial score (nSPS) is 11.1. The van der Waals surface area contributed by atoms with Crippen molar-refractivity contribution in [3.05, 3.63) is 76.9 Å². The number of amides is 2. The second-order valence-electron chi connectivity index (χ2n) is 6.78. The van der Waals surface area contributed by atoms with Crippen molar-refractivity contribution in [3.63, 3.8) is 0 Å². The number of aryl methyl sites for hydroxylation is 1. The number of alkyl halides is 3. The van der Waals surface area contributed by atoms with Crippen LogP contribution >= 0.6 is 0 Å². The molecule has 0 aliphatic carbocycles. The summed E-state index contributed by atoms with van der Waals surface area (Å²) < 4.78 is 64.7. The van der Waals surface area contributed by atoms with Crippen LogP contribution in [0.25, 0.3) is 0 Å². The summed E-state index contributed by atoms with van der Waals surface area (Å²) in [4.78, 5) is 28.1. The minimum atomic E-state index is -4.83. The number of hydrogen-bond donors (Lipinski definition) is 2. The van der Waals surface area contributed by atoms with Crippen molar-refractivity contribution >= 4 is 17.5 Å². The standard InChI is InChI=1S/C22H17F4N3O4/c1-11-9-12(23)3-5-16(11)33-17-6-4-14(22(24,25)26)19(32-2)18(17)21(31)29-13-7-8-28-15(10-13)20(27)30/h3-10H,1-2H3,(H2,27,30)(H,28,29,31). The number of halogens is 4. The molecule has 11 heteroatoms. The first-order valence-electron chi connectivity index (χ1n) is 9.30. The lowest BCUT2D eigenvalue weighted by atomic mass is 10.1. The van der Waals surface area contributed by atoms with Crippen molar-refractivity contribution in [2.75, 3.05) is 12.4 Å². The maximum atomic E-state index is 13.6. The number of pyridine rings is 1. The number of ether oxygens (including phenoxy) is 2. The molecule has 3 aromatic rings. The van der Waals surface area contributed by atoms with Crippen molar-refractivity contribution in [1.29, 1.82) is 0 Å². The fraction of sp³-hybridized carbons (Fsp3) is 0.136. The molecule has 0 saturated carbocycles. The number of carbonyl (C=O) groups is 2. The lowest BCUT2D eigenvalue weighted by Gasteiger charge is -2.19. The monoisotopic (exact) mass is 463 g/mol. The van der Waals surface area contributed by atoms with Crippen LogP contribution in [0.1, 0.15) is 32.0 Å². The van der Waals surface area contributed by atoms with Crippen molar-refractivity contribution in [2.24, 2.45) is 5.73 Å². The molecule has 0 saturated heterocycles. The molecule has 0 radical (unpaired) electrons. The van der Waals surface area contributed by atoms with Gasteiger partial charge in [0.15, 0.2) is 0 Å². The average molecular weight is 463 g/mol. The molecule has 0 unspecified atom stereocenters. The lowest BCUT2D eigenvalue weighted by molar-refractivity contribution is -0.138. The van der Waals surface area contributed by atoms with Crippen LogP contribution in [-0.2, 0) is 6.18 Å². The summed E-state index contributed by atoms with van der Waals surface area (Å²) >= 11 is 0. The zero-order valence-electron chi connectivity index (χ0n) is 17.3. The molecule has 2 amide bonds. The van der Waals surface area contributed by atoms with E-state index in [2.05, 4.69) is 10.3 Å². The number of aromatic nitrogens is 1. The Balaban J connectivity index is 2.12. The van der Waals surface area contributed by atoms with E-state index in [0.717, 1.165) is 25.3 Å². The SMILES string of the molecule is COc1c(C(F)(F)F)ccc(Oc2ccc(F)cc2C)c1C(=O)Nc1ccnc(C(N)=O)c1. The van der Waals surface area contributed by atoms with Gasteiger partial charge in [-0.1, -0.05) is 0 Å². The molecule has 0 fully saturated rings. The number of nitrogens with one attached hydrogen (secondary N) is 1. The van der Waals surface area contributed by atoms with Crippen LogP contribution in [0.15, 0.2) is 48.7 Å². The Morgan fingerprint density at radius 3 is 2.36 bits per heavy atom. The first-order valence-corrected chi connectivity index (χ1v) is 9.30. The van der Waals surface area contributed by atoms with E-state index in [1.165, 1.54) is 31.3 Å². The van der Waals surface area contributed by atoms with Gasteiger partial charge in [0.25, 0.3) is 11.8 Å². The third-order valence-corrected chi connectivity index (χ3v) is 4.48. The van der Waals surface area contributed by atoms with E-state index in [-0.39, 0.29) is 22.9 Å². The number of carbonyl (C=O) groups excluding carboxylic acids is 2. The van der Waals surface area contributed by atoms with Crippen LogP contribution in [0.4, 0.5) is 23.2 Å². The molecule has 3 rings (SSSR count). The quantitative estimate of drug-likeness (QED) is 0.516. The molecule has 0 bridgehead atoms. The Hall–Kier alpha value is -4.15. The van der Waals surface area contributed by atoms with E-state index in [1.54, 1.807) is 0 Å². The molecule has 172 valence electrons. The summed E-state index contributed by atoms with van der Waals surface area (Å²) in [5, 5.41) is 2.38. The number of primary amides is 1. The predicted molar refractivity (Wildman–Crippen MR) is 110 cm³/mol. The van der Waals surface area contributed by atoms with Gasteiger partial charge < -0.3 is 20.5 Å². The van der Waals surface area contributed by atoms with Crippen LogP contribution in [0.2, 0.25) is 0 Å². The number of methoxy groups -OCH3 is 1. The largest absolute Gasteiger partial charge is 0.495 e. The summed E-state index contributed by atoms with van der Waals surface area (Å²) in [6.07, 6.45) is -3.64. The molecule has 1 heterocycles. The maximum absolute atomic E-state index is 13.6. The summed E-state index contributed by atoms with van der Waals surface area (Å²) in [6.45, 7) is 1.53. The predicted octanol–water partition coefficient (Wildman–Crippen LogP) is 4.70. The van der Waals surface area contributed by atoms with Gasteiger partial charge in [0.1, 0.15) is 34.3 Å². The lowest BCUT2D eigenvalue weighted by Crippen LogP contribution is -2.19. The highest BCUT2D eigenvalue weighted by Gasteiger charge is 2.38. The van der Waals surface area contributed by atoms with E-state index in [4.69, 9.17) is 15.2 Å². The van der Waals surface area contributed by atoms with Gasteiger partial charge >= 0.3 is 6.18 Å². The van der Waals surface area contributed by atoms with Crippen LogP contribution in [0.3, 0.4) is 0 Å². The second kappa shape index (κ2) is 9.15. The van der Waals surface area contributed by atoms with Crippen LogP contribution < -0.4 is 20.5 Å². The van der Waals surface area contributed by atoms with Gasteiger partial charge in [-0.05, 0) is 55.0 Å². The summed E-state index contributed by atoms with van der Waals surface area (Å²) in [5.41, 5.74) is 3.63. The number of nitrogens with two attached hydrogens (primary N) is 1. The van der Waals surface area contributed by atoms with Gasteiger partial charge in [0.2, 0.25) is 0 Å². The van der Waals surface area contributed by atoms with Gasteiger partial charge in [-0.2, -0.15) is 13.2 Å². The molecule has 3 N–H and O–H groups in total. The van der Waals surface area contributed by atoms with Gasteiger partial charge in [-0.25, -0.2) is 4.39 Å². The Kier molecular flexibility index (Phi) is 6.52. The first-order chi connectivity index (χ1) is 15.5. The van der Waals surface area contributed by atoms with Crippen molar-refractivity contribution in [1.82, 2.24) is 4.98 Å². The average Bonchev–Trinajstić information content (AvgIpc) is 2.74. The van der Waals surface area contributed by atoms with E-state index < -0.39 is 40.7 Å². The summed E-state index contributed by atoms with van der Waals surface area (Å²) in [6, 6.07) is 7.69. The first kappa shape index (κ1) is 23.5. The van der Waals surface area contributed by atoms with E-state index in [1.807, 2.05) is 0 Å². The van der Waals surface area contributed by atoms with Crippen LogP contribution in [0.5, 0.6) is 17.2 Å². The number of hydrogen-bond acceptors (Lipinski definition) is 5. The third-order valence-electron chi connectivity index (χ3n) is 4.48. The van der Waals surface area contributed by atoms with Crippen molar-refractivity contribution < 1.29 is 36.6 Å². The Labute approximate surface area is 185 Å². The Morgan fingerprint density at radius 1 is 1.06 bits per heavy atom. The molecule has 33 heavy (non-hydrogen) atoms. The zero-order chi connectivity index (χ0) is 24.3. The Morgan fingerprint density at radius 2 is 1.76 bits per heavy atom. The molecule has 2 aromatic carbocycles. The molecule has 7 nitrogen and oxygen atoms in total. The summed E-state index contributed by atoms with van der Waals surface area (Å²) in [5.74, 6) is -3.34. The van der Waals surface area contributed by atoms with E-state index in [9.17, 15) is 27.2 Å². The number of anilines is 1. The van der Waals surface area contributed by atoms with Crippen molar-refractivity contribution in [2.45, 2.75) is 13.1 Å². The van der Waals surface area contributed by atoms with Gasteiger partial charge in [0.05, 0.1) is 12.7 Å². The van der Waals surface area contributed by atoms with E-state index in [0.29, 0.717) is 11.6 Å². The highest BCUT2D eigenvalue weighted by Crippen LogP contribution is 2.43. The zero-order valence-corrected chi connectivity index (χ0v) is 17.3. The number of rotatable bonds is 6. The van der Waals surface area contributed by atoms with Gasteiger partial charge in [-0.15, -0.1) is 0 Å². The molecule has 0 spiro atoms. The number of nitrogens with zero attached hydrogens (tertiary/aromatic N) is 1. The number of benzene rings is 2.